The quantitative estimate of drug-likeness (QED) is 0.626. The van der Waals surface area contributed by atoms with Gasteiger partial charge in [-0.2, -0.15) is 0 Å². The molecule has 10 heavy (non-hydrogen) atoms. The van der Waals surface area contributed by atoms with Crippen molar-refractivity contribution in [1.29, 1.82) is 0 Å². The molecule has 0 radical (unpaired) electrons. The molecule has 0 spiro atoms. The lowest BCUT2D eigenvalue weighted by molar-refractivity contribution is 0.159. The Balaban J connectivity index is 2.25. The molecule has 1 aliphatic rings. The van der Waals surface area contributed by atoms with E-state index in [-0.39, 0.29) is 0 Å². The Bertz CT molecular complexity index is 80.7. The van der Waals surface area contributed by atoms with E-state index in [2.05, 4.69) is 6.92 Å². The Kier molecular flexibility index (Phi) is 3.20. The third-order valence-electron chi connectivity index (χ3n) is 2.73. The van der Waals surface area contributed by atoms with Gasteiger partial charge in [0.05, 0.1) is 0 Å². The van der Waals surface area contributed by atoms with Crippen LogP contribution < -0.4 is 0 Å². The number of rotatable bonds is 2. The summed E-state index contributed by atoms with van der Waals surface area (Å²) in [5, 5.41) is 8.90. The van der Waals surface area contributed by atoms with Gasteiger partial charge in [0, 0.05) is 6.61 Å². The number of hydrogen-bond acceptors (Lipinski definition) is 1. The summed E-state index contributed by atoms with van der Waals surface area (Å²) in [5.41, 5.74) is 0. The van der Waals surface area contributed by atoms with Crippen molar-refractivity contribution in [2.75, 3.05) is 6.61 Å². The van der Waals surface area contributed by atoms with E-state index in [4.69, 9.17) is 5.11 Å². The van der Waals surface area contributed by atoms with Gasteiger partial charge in [-0.05, 0) is 24.7 Å². The van der Waals surface area contributed by atoms with Crippen LogP contribution in [0.4, 0.5) is 0 Å². The Labute approximate surface area is 63.4 Å². The van der Waals surface area contributed by atoms with Crippen molar-refractivity contribution in [2.24, 2.45) is 11.8 Å². The van der Waals surface area contributed by atoms with Gasteiger partial charge in [-0.25, -0.2) is 0 Å². The maximum absolute atomic E-state index is 8.90. The smallest absolute Gasteiger partial charge is 0.0459 e. The fourth-order valence-corrected chi connectivity index (χ4v) is 1.94. The molecule has 0 unspecified atom stereocenters. The van der Waals surface area contributed by atoms with Crippen LogP contribution in [-0.4, -0.2) is 11.7 Å². The second kappa shape index (κ2) is 3.97. The highest BCUT2D eigenvalue weighted by atomic mass is 16.3. The van der Waals surface area contributed by atoms with Gasteiger partial charge in [-0.1, -0.05) is 26.2 Å². The van der Waals surface area contributed by atoms with E-state index in [0.717, 1.165) is 5.92 Å². The molecule has 1 aliphatic carbocycles. The maximum atomic E-state index is 8.90. The third kappa shape index (κ3) is 1.98. The van der Waals surface area contributed by atoms with Crippen LogP contribution in [-0.2, 0) is 0 Å². The maximum Gasteiger partial charge on any atom is 0.0459 e. The minimum absolute atomic E-state index is 0.413. The molecule has 2 atom stereocenters. The summed E-state index contributed by atoms with van der Waals surface area (Å²) < 4.78 is 0. The van der Waals surface area contributed by atoms with Crippen molar-refractivity contribution in [2.45, 2.75) is 39.0 Å². The zero-order valence-electron chi connectivity index (χ0n) is 6.84. The number of aliphatic hydroxyl groups is 1. The van der Waals surface area contributed by atoms with Crippen molar-refractivity contribution < 1.29 is 5.11 Å². The molecule has 0 aromatic rings. The van der Waals surface area contributed by atoms with Crippen LogP contribution in [0.15, 0.2) is 0 Å². The molecule has 0 bridgehead atoms. The van der Waals surface area contributed by atoms with Crippen molar-refractivity contribution in [3.05, 3.63) is 0 Å². The van der Waals surface area contributed by atoms with Gasteiger partial charge in [0.2, 0.25) is 0 Å². The predicted octanol–water partition coefficient (Wildman–Crippen LogP) is 2.20. The molecule has 0 heterocycles. The summed E-state index contributed by atoms with van der Waals surface area (Å²) in [6.45, 7) is 2.67. The van der Waals surface area contributed by atoms with E-state index in [9.17, 15) is 0 Å². The lowest BCUT2D eigenvalue weighted by Crippen LogP contribution is -2.17. The van der Waals surface area contributed by atoms with Crippen LogP contribution in [0.2, 0.25) is 0 Å². The fraction of sp³-hybridized carbons (Fsp3) is 1.00. The Morgan fingerprint density at radius 2 is 2.00 bits per heavy atom. The van der Waals surface area contributed by atoms with E-state index in [1.54, 1.807) is 0 Å². The van der Waals surface area contributed by atoms with E-state index >= 15 is 0 Å². The van der Waals surface area contributed by atoms with Gasteiger partial charge in [-0.3, -0.25) is 0 Å². The zero-order chi connectivity index (χ0) is 7.40. The van der Waals surface area contributed by atoms with Crippen LogP contribution in [0.25, 0.3) is 0 Å². The van der Waals surface area contributed by atoms with Gasteiger partial charge >= 0.3 is 0 Å². The molecule has 1 heteroatoms. The summed E-state index contributed by atoms with van der Waals surface area (Å²) in [4.78, 5) is 0. The lowest BCUT2D eigenvalue weighted by atomic mass is 9.81. The number of aliphatic hydroxyl groups excluding tert-OH is 1. The molecule has 1 nitrogen and oxygen atoms in total. The lowest BCUT2D eigenvalue weighted by Gasteiger charge is -2.26. The molecular weight excluding hydrogens is 124 g/mol. The molecule has 0 aliphatic heterocycles. The minimum atomic E-state index is 0.413. The second-order valence-electron chi connectivity index (χ2n) is 3.49. The van der Waals surface area contributed by atoms with Gasteiger partial charge < -0.3 is 5.11 Å². The van der Waals surface area contributed by atoms with Crippen molar-refractivity contribution in [1.82, 2.24) is 0 Å². The predicted molar refractivity (Wildman–Crippen MR) is 42.8 cm³/mol. The summed E-state index contributed by atoms with van der Waals surface area (Å²) >= 11 is 0. The molecular formula is C9H18O. The Morgan fingerprint density at radius 3 is 2.60 bits per heavy atom. The van der Waals surface area contributed by atoms with Crippen molar-refractivity contribution in [3.63, 3.8) is 0 Å². The van der Waals surface area contributed by atoms with Crippen LogP contribution in [0, 0.1) is 11.8 Å². The molecule has 0 amide bonds. The molecule has 1 rings (SSSR count). The van der Waals surface area contributed by atoms with Crippen molar-refractivity contribution >= 4 is 0 Å². The Morgan fingerprint density at radius 1 is 1.30 bits per heavy atom. The molecule has 1 saturated carbocycles. The van der Waals surface area contributed by atoms with E-state index in [1.807, 2.05) is 0 Å². The van der Waals surface area contributed by atoms with Crippen LogP contribution >= 0.6 is 0 Å². The average Bonchev–Trinajstić information content (AvgIpc) is 2.05. The fourth-order valence-electron chi connectivity index (χ4n) is 1.94. The summed E-state index contributed by atoms with van der Waals surface area (Å²) in [7, 11) is 0. The van der Waals surface area contributed by atoms with E-state index in [1.165, 1.54) is 32.1 Å². The van der Waals surface area contributed by atoms with Gasteiger partial charge in [0.15, 0.2) is 0 Å². The van der Waals surface area contributed by atoms with E-state index in [0.29, 0.717) is 12.5 Å². The molecule has 0 saturated heterocycles. The van der Waals surface area contributed by atoms with Gasteiger partial charge in [0.1, 0.15) is 0 Å². The first-order chi connectivity index (χ1) is 4.86. The van der Waals surface area contributed by atoms with Crippen molar-refractivity contribution in [3.8, 4) is 0 Å². The topological polar surface area (TPSA) is 20.2 Å². The number of hydrogen-bond donors (Lipinski definition) is 1. The first-order valence-corrected chi connectivity index (χ1v) is 4.47. The molecule has 60 valence electrons. The first kappa shape index (κ1) is 8.06. The minimum Gasteiger partial charge on any atom is -0.396 e. The standard InChI is InChI=1S/C9H18O/c1-2-8-4-3-5-9(6-8)7-10/h8-10H,2-7H2,1H3/t8-,9-/m1/s1. The summed E-state index contributed by atoms with van der Waals surface area (Å²) in [6, 6.07) is 0. The normalized spacial score (nSPS) is 34.2. The molecule has 0 aromatic carbocycles. The SMILES string of the molecule is CC[C@@H]1CCC[C@@H](CO)C1. The van der Waals surface area contributed by atoms with Crippen LogP contribution in [0.1, 0.15) is 39.0 Å². The largest absolute Gasteiger partial charge is 0.396 e. The summed E-state index contributed by atoms with van der Waals surface area (Å²) in [6.07, 6.45) is 6.56. The average molecular weight is 142 g/mol. The molecule has 1 fully saturated rings. The third-order valence-corrected chi connectivity index (χ3v) is 2.73. The molecule has 0 aromatic heterocycles. The van der Waals surface area contributed by atoms with Crippen LogP contribution in [0.5, 0.6) is 0 Å². The highest BCUT2D eigenvalue weighted by Gasteiger charge is 2.19. The highest BCUT2D eigenvalue weighted by Crippen LogP contribution is 2.30. The van der Waals surface area contributed by atoms with Crippen LogP contribution in [0.3, 0.4) is 0 Å². The monoisotopic (exact) mass is 142 g/mol. The second-order valence-corrected chi connectivity index (χ2v) is 3.49. The van der Waals surface area contributed by atoms with E-state index < -0.39 is 0 Å². The first-order valence-electron chi connectivity index (χ1n) is 4.47. The Hall–Kier alpha value is -0.0400. The summed E-state index contributed by atoms with van der Waals surface area (Å²) in [5.74, 6) is 1.53. The highest BCUT2D eigenvalue weighted by molar-refractivity contribution is 4.71. The molecule has 1 N–H and O–H groups in total. The zero-order valence-corrected chi connectivity index (χ0v) is 6.84. The van der Waals surface area contributed by atoms with Gasteiger partial charge in [-0.15, -0.1) is 0 Å². The van der Waals surface area contributed by atoms with Gasteiger partial charge in [0.25, 0.3) is 0 Å².